The molecule has 1 aliphatic carbocycles. The molecule has 668 valence electrons. The molecule has 1 saturated carbocycles. The number of aliphatic hydroxyl groups is 5. The van der Waals surface area contributed by atoms with E-state index in [-0.39, 0.29) is 0 Å². The predicted octanol–water partition coefficient (Wildman–Crippen LogP) is 5.94. The lowest BCUT2D eigenvalue weighted by atomic mass is 9.83. The lowest BCUT2D eigenvalue weighted by Crippen LogP contribution is -2.64. The van der Waals surface area contributed by atoms with Crippen molar-refractivity contribution in [2.45, 2.75) is 362 Å². The van der Waals surface area contributed by atoms with Gasteiger partial charge in [-0.2, -0.15) is 0 Å². The minimum Gasteiger partial charge on any atom is -0.444 e. The molecule has 0 spiro atoms. The Morgan fingerprint density at radius 1 is 0.299 bits per heavy atom. The number of nitrogens with one attached hydrogen (secondary N) is 10. The summed E-state index contributed by atoms with van der Waals surface area (Å²) in [4.78, 5) is 160. The molecule has 44 heteroatoms. The van der Waals surface area contributed by atoms with Crippen LogP contribution in [-0.4, -0.2) is 271 Å². The van der Waals surface area contributed by atoms with Crippen molar-refractivity contribution in [1.29, 1.82) is 0 Å². The van der Waals surface area contributed by atoms with Crippen LogP contribution in [0.25, 0.3) is 0 Å². The van der Waals surface area contributed by atoms with E-state index in [4.69, 9.17) is 76.3 Å². The normalized spacial score (nSPS) is 23.3. The van der Waals surface area contributed by atoms with Gasteiger partial charge in [-0.15, -0.1) is 0 Å². The molecular weight excluding hydrogens is 1550 g/mol. The molecule has 14 atom stereocenters. The molecule has 2 saturated heterocycles. The lowest BCUT2D eigenvalue weighted by Gasteiger charge is -2.47. The summed E-state index contributed by atoms with van der Waals surface area (Å²) in [7, 11) is 0. The van der Waals surface area contributed by atoms with Crippen molar-refractivity contribution in [3.05, 3.63) is 0 Å². The van der Waals surface area contributed by atoms with E-state index < -0.39 is 258 Å². The van der Waals surface area contributed by atoms with E-state index in [1.54, 1.807) is 41.5 Å². The Kier molecular flexibility index (Phi) is 35.6. The van der Waals surface area contributed by atoms with Crippen LogP contribution in [0.15, 0.2) is 25.0 Å². The number of carbonyl (C=O) groups excluding carboxylic acids is 10. The van der Waals surface area contributed by atoms with Gasteiger partial charge in [0.1, 0.15) is 111 Å². The topological polar surface area (TPSA) is 583 Å². The Bertz CT molecular complexity index is 3440. The van der Waals surface area contributed by atoms with Crippen molar-refractivity contribution in [3.8, 4) is 0 Å². The molecule has 117 heavy (non-hydrogen) atoms. The third-order valence-electron chi connectivity index (χ3n) is 13.7. The summed E-state index contributed by atoms with van der Waals surface area (Å²) in [6.07, 6.45) is -35.0. The highest BCUT2D eigenvalue weighted by molar-refractivity contribution is 6.04. The molecule has 3 fully saturated rings. The first-order valence-electron chi connectivity index (χ1n) is 37.6. The fourth-order valence-electron chi connectivity index (χ4n) is 9.98. The Balaban J connectivity index is 2.83. The minimum atomic E-state index is -2.51. The quantitative estimate of drug-likeness (QED) is 0.0646. The molecule has 2 aliphatic heterocycles. The average molecular weight is 1680 g/mol. The second-order valence-electron chi connectivity index (χ2n) is 37.0. The van der Waals surface area contributed by atoms with Crippen molar-refractivity contribution in [1.82, 2.24) is 53.2 Å². The summed E-state index contributed by atoms with van der Waals surface area (Å²) in [5.74, 6) is -3.88. The molecule has 0 bridgehead atoms. The maximum absolute atomic E-state index is 14.0. The van der Waals surface area contributed by atoms with Gasteiger partial charge in [0, 0.05) is 6.42 Å². The van der Waals surface area contributed by atoms with Crippen LogP contribution in [0.4, 0.5) is 47.9 Å². The van der Waals surface area contributed by atoms with Crippen LogP contribution >= 0.6 is 0 Å². The van der Waals surface area contributed by atoms with Gasteiger partial charge in [0.15, 0.2) is 12.6 Å². The molecular formula is C73H127N15O29. The number of hydrogen-bond acceptors (Lipinski definition) is 34. The molecule has 15 N–H and O–H groups in total. The van der Waals surface area contributed by atoms with E-state index in [1.807, 2.05) is 0 Å². The Labute approximate surface area is 681 Å². The summed E-state index contributed by atoms with van der Waals surface area (Å²) < 4.78 is 81.3. The molecule has 0 radical (unpaired) electrons. The Morgan fingerprint density at radius 2 is 0.530 bits per heavy atom. The van der Waals surface area contributed by atoms with Crippen molar-refractivity contribution in [2.75, 3.05) is 13.2 Å². The van der Waals surface area contributed by atoms with Crippen LogP contribution in [0.2, 0.25) is 0 Å². The second-order valence-corrected chi connectivity index (χ2v) is 37.0. The van der Waals surface area contributed by atoms with Gasteiger partial charge in [0.25, 0.3) is 0 Å². The fourth-order valence-corrected chi connectivity index (χ4v) is 9.98. The average Bonchev–Trinajstić information content (AvgIpc) is 0.767. The molecule has 0 aromatic rings. The van der Waals surface area contributed by atoms with E-state index in [1.165, 1.54) is 166 Å². The van der Waals surface area contributed by atoms with E-state index in [0.717, 1.165) is 0 Å². The smallest absolute Gasteiger partial charge is 0.414 e. The monoisotopic (exact) mass is 1680 g/mol. The number of aliphatic imine (C=N–C) groups is 5. The molecule has 0 aromatic carbocycles. The van der Waals surface area contributed by atoms with Gasteiger partial charge in [0.05, 0.1) is 31.3 Å². The third-order valence-corrected chi connectivity index (χ3v) is 13.7. The first kappa shape index (κ1) is 102. The number of nitrogens with zero attached hydrogens (tertiary/aromatic N) is 5. The van der Waals surface area contributed by atoms with Crippen LogP contribution in [0, 0.1) is 0 Å². The van der Waals surface area contributed by atoms with Gasteiger partial charge in [-0.3, -0.25) is 53.2 Å². The predicted molar refractivity (Wildman–Crippen MR) is 418 cm³/mol. The van der Waals surface area contributed by atoms with Crippen LogP contribution in [-0.2, 0) is 66.3 Å². The van der Waals surface area contributed by atoms with Gasteiger partial charge in [0.2, 0.25) is 29.8 Å². The maximum atomic E-state index is 14.0. The molecule has 10 amide bonds. The molecule has 0 unspecified atom stereocenters. The van der Waals surface area contributed by atoms with Crippen molar-refractivity contribution >= 4 is 90.7 Å². The maximum Gasteiger partial charge on any atom is 0.414 e. The van der Waals surface area contributed by atoms with Crippen LogP contribution < -0.4 is 53.2 Å². The number of aliphatic hydroxyl groups excluding tert-OH is 5. The van der Waals surface area contributed by atoms with Crippen molar-refractivity contribution in [3.63, 3.8) is 0 Å². The van der Waals surface area contributed by atoms with Crippen molar-refractivity contribution < 1.29 is 140 Å². The number of alkyl carbamates (subject to hydrolysis) is 10. The number of carbonyl (C=O) groups is 10. The zero-order valence-electron chi connectivity index (χ0n) is 72.7. The molecule has 0 aromatic heterocycles. The van der Waals surface area contributed by atoms with E-state index >= 15 is 0 Å². The van der Waals surface area contributed by atoms with Gasteiger partial charge in [-0.25, -0.2) is 72.9 Å². The summed E-state index contributed by atoms with van der Waals surface area (Å²) in [6, 6.07) is -7.73. The highest BCUT2D eigenvalue weighted by Gasteiger charge is 2.54. The number of hydrogen-bond donors (Lipinski definition) is 15. The molecule has 44 nitrogen and oxygen atoms in total. The standard InChI is InChI=1S/C73H127N15O29/c1-64(2,3)108-54(94)79-49(80-55(95)109-65(4,5)6)74-33-39-38(90)32-37(77-52(85-60(100)114-70(19,20)21)86-61(101)115-71(22,23)24)47(104-39)106-45-35(75-50(81-56(96)110-66(7,8)9)82-57(97)111-67(10,11)12)31-36(76-51(83-58(98)112-68(13,14)15)84-59(99)113-69(16,17)18)46(44(45)93)107-48-43(92)41(42(91)40(34-89)105-48)78-53(87-62(102)116-72(25,26)27)88-63(103)117-73(28,29)30/h35-48,89-93H,31-34H2,1-30H3,(H2,74,79,80,94,95)(H2,75,81,82,96,97)(H2,76,83,84,98,99)(H2,77,85,86,100,101)(H2,78,87,88,102,103)/t35-,36+,37+,38-,39+,40+,41-,42+,43+,44-,45+,46-,47+,48+/m0/s1. The highest BCUT2D eigenvalue weighted by Crippen LogP contribution is 2.37. The molecule has 2 heterocycles. The minimum absolute atomic E-state index is 0.629. The SMILES string of the molecule is CC(C)(C)OC(=O)NC(=NC[C@H]1O[C@H](O[C@H]2[C@H](O)[C@@H](O[C@H]3O[C@H](CO)[C@@H](O)[C@H](N=C(NC(=O)OC(C)(C)C)NC(=O)OC(C)(C)C)[C@H]3O)[C@H](N=C(NC(=O)OC(C)(C)C)NC(=O)OC(C)(C)C)C[C@@H]2N=C(NC(=O)OC(C)(C)C)NC(=O)OC(C)(C)C)[C@H](N=C(NC(=O)OC(C)(C)C)NC(=O)OC(C)(C)C)C[C@@H]1O)NC(=O)OC(C)(C)C. The van der Waals surface area contributed by atoms with Gasteiger partial charge in [-0.1, -0.05) is 0 Å². The second kappa shape index (κ2) is 40.9. The summed E-state index contributed by atoms with van der Waals surface area (Å²) >= 11 is 0. The Hall–Kier alpha value is -9.31. The first-order chi connectivity index (χ1) is 52.8. The Morgan fingerprint density at radius 3 is 0.786 bits per heavy atom. The van der Waals surface area contributed by atoms with Gasteiger partial charge < -0.3 is 91.8 Å². The van der Waals surface area contributed by atoms with Crippen LogP contribution in [0.5, 0.6) is 0 Å². The van der Waals surface area contributed by atoms with Crippen LogP contribution in [0.3, 0.4) is 0 Å². The van der Waals surface area contributed by atoms with E-state index in [2.05, 4.69) is 68.1 Å². The van der Waals surface area contributed by atoms with E-state index in [0.29, 0.717) is 0 Å². The largest absolute Gasteiger partial charge is 0.444 e. The van der Waals surface area contributed by atoms with Crippen LogP contribution in [0.1, 0.15) is 221 Å². The van der Waals surface area contributed by atoms with Gasteiger partial charge >= 0.3 is 60.9 Å². The van der Waals surface area contributed by atoms with E-state index in [9.17, 15) is 73.5 Å². The van der Waals surface area contributed by atoms with Crippen molar-refractivity contribution in [2.24, 2.45) is 25.0 Å². The number of ether oxygens (including phenoxy) is 14. The third kappa shape index (κ3) is 41.6. The summed E-state index contributed by atoms with van der Waals surface area (Å²) in [6.45, 7) is 43.6. The molecule has 3 aliphatic rings. The first-order valence-corrected chi connectivity index (χ1v) is 37.6. The highest BCUT2D eigenvalue weighted by atomic mass is 16.7. The lowest BCUT2D eigenvalue weighted by molar-refractivity contribution is -0.314. The van der Waals surface area contributed by atoms with Gasteiger partial charge in [-0.05, 0) is 214 Å². The number of amides is 10. The zero-order valence-corrected chi connectivity index (χ0v) is 72.7. The number of guanidine groups is 5. The zero-order chi connectivity index (χ0) is 90.1. The summed E-state index contributed by atoms with van der Waals surface area (Å²) in [5.41, 5.74) is -12.0. The fraction of sp³-hybridized carbons (Fsp3) is 0.795. The molecule has 3 rings (SSSR count). The summed E-state index contributed by atoms with van der Waals surface area (Å²) in [5, 5.41) is 84.8. The number of rotatable bonds is 11.